The minimum absolute atomic E-state index is 0.0809. The zero-order chi connectivity index (χ0) is 17.9. The summed E-state index contributed by atoms with van der Waals surface area (Å²) in [6.07, 6.45) is 1.92. The highest BCUT2D eigenvalue weighted by Gasteiger charge is 2.25. The van der Waals surface area contributed by atoms with Crippen molar-refractivity contribution in [1.82, 2.24) is 4.98 Å². The van der Waals surface area contributed by atoms with Gasteiger partial charge >= 0.3 is 0 Å². The molecule has 0 atom stereocenters. The standard InChI is InChI=1S/C20H17N3O3/c24-18(22-15-7-3-5-14-6-4-11-21-20(14)15)13-23-16-8-1-2-9-17(16)26-12-10-19(23)25/h1-9,11H,10,12-13H2,(H,22,24). The first-order valence-corrected chi connectivity index (χ1v) is 8.38. The molecule has 1 aliphatic rings. The van der Waals surface area contributed by atoms with Gasteiger partial charge in [0.2, 0.25) is 11.8 Å². The van der Waals surface area contributed by atoms with Gasteiger partial charge in [-0.1, -0.05) is 30.3 Å². The molecule has 4 rings (SSSR count). The molecule has 6 heteroatoms. The lowest BCUT2D eigenvalue weighted by Crippen LogP contribution is -2.37. The summed E-state index contributed by atoms with van der Waals surface area (Å²) in [5, 5.41) is 3.81. The molecule has 1 aromatic heterocycles. The number of para-hydroxylation sites is 3. The summed E-state index contributed by atoms with van der Waals surface area (Å²) in [4.78, 5) is 30.8. The Kier molecular flexibility index (Phi) is 4.23. The van der Waals surface area contributed by atoms with E-state index in [-0.39, 0.29) is 24.8 Å². The lowest BCUT2D eigenvalue weighted by atomic mass is 10.2. The molecule has 0 radical (unpaired) electrons. The summed E-state index contributed by atoms with van der Waals surface area (Å²) < 4.78 is 5.60. The molecule has 1 aliphatic heterocycles. The van der Waals surface area contributed by atoms with Crippen LogP contribution in [0.25, 0.3) is 10.9 Å². The molecule has 0 fully saturated rings. The number of benzene rings is 2. The van der Waals surface area contributed by atoms with E-state index in [9.17, 15) is 9.59 Å². The highest BCUT2D eigenvalue weighted by Crippen LogP contribution is 2.31. The predicted octanol–water partition coefficient (Wildman–Crippen LogP) is 2.99. The second-order valence-corrected chi connectivity index (χ2v) is 5.97. The Balaban J connectivity index is 1.59. The van der Waals surface area contributed by atoms with E-state index in [1.165, 1.54) is 4.90 Å². The highest BCUT2D eigenvalue weighted by molar-refractivity contribution is 6.06. The van der Waals surface area contributed by atoms with E-state index in [0.717, 1.165) is 5.39 Å². The zero-order valence-corrected chi connectivity index (χ0v) is 14.0. The second kappa shape index (κ2) is 6.84. The highest BCUT2D eigenvalue weighted by atomic mass is 16.5. The Hall–Kier alpha value is -3.41. The number of rotatable bonds is 3. The summed E-state index contributed by atoms with van der Waals surface area (Å²) in [5.74, 6) is 0.187. The van der Waals surface area contributed by atoms with Gasteiger partial charge in [0.05, 0.1) is 29.9 Å². The molecular formula is C20H17N3O3. The van der Waals surface area contributed by atoms with E-state index < -0.39 is 0 Å². The Labute approximate surface area is 150 Å². The number of hydrogen-bond acceptors (Lipinski definition) is 4. The fraction of sp³-hybridized carbons (Fsp3) is 0.150. The van der Waals surface area contributed by atoms with Crippen molar-refractivity contribution >= 4 is 34.1 Å². The number of fused-ring (bicyclic) bond motifs is 2. The fourth-order valence-electron chi connectivity index (χ4n) is 3.03. The Morgan fingerprint density at radius 2 is 1.96 bits per heavy atom. The molecule has 2 heterocycles. The number of aromatic nitrogens is 1. The zero-order valence-electron chi connectivity index (χ0n) is 14.0. The number of amides is 2. The van der Waals surface area contributed by atoms with Crippen LogP contribution in [0.15, 0.2) is 60.8 Å². The summed E-state index contributed by atoms with van der Waals surface area (Å²) in [6, 6.07) is 16.6. The largest absolute Gasteiger partial charge is 0.491 e. The van der Waals surface area contributed by atoms with Gasteiger partial charge in [0.25, 0.3) is 0 Å². The van der Waals surface area contributed by atoms with Crippen molar-refractivity contribution in [2.24, 2.45) is 0 Å². The van der Waals surface area contributed by atoms with Crippen LogP contribution in [0.5, 0.6) is 5.75 Å². The lowest BCUT2D eigenvalue weighted by molar-refractivity contribution is -0.121. The molecule has 0 saturated carbocycles. The van der Waals surface area contributed by atoms with E-state index in [1.54, 1.807) is 24.4 Å². The average molecular weight is 347 g/mol. The molecule has 6 nitrogen and oxygen atoms in total. The number of ether oxygens (including phenoxy) is 1. The quantitative estimate of drug-likeness (QED) is 0.791. The molecule has 0 saturated heterocycles. The summed E-state index contributed by atoms with van der Waals surface area (Å²) >= 11 is 0. The third kappa shape index (κ3) is 3.09. The maximum atomic E-state index is 12.6. The first-order chi connectivity index (χ1) is 12.7. The third-order valence-corrected chi connectivity index (χ3v) is 4.24. The maximum Gasteiger partial charge on any atom is 0.244 e. The van der Waals surface area contributed by atoms with E-state index in [2.05, 4.69) is 10.3 Å². The molecule has 130 valence electrons. The molecular weight excluding hydrogens is 330 g/mol. The van der Waals surface area contributed by atoms with Gasteiger partial charge in [-0.05, 0) is 24.3 Å². The van der Waals surface area contributed by atoms with Gasteiger partial charge in [-0.25, -0.2) is 0 Å². The van der Waals surface area contributed by atoms with E-state index in [1.807, 2.05) is 36.4 Å². The summed E-state index contributed by atoms with van der Waals surface area (Å²) in [6.45, 7) is 0.226. The van der Waals surface area contributed by atoms with Gasteiger partial charge < -0.3 is 10.1 Å². The predicted molar refractivity (Wildman–Crippen MR) is 99.3 cm³/mol. The van der Waals surface area contributed by atoms with E-state index in [4.69, 9.17) is 4.74 Å². The molecule has 0 bridgehead atoms. The van der Waals surface area contributed by atoms with Crippen LogP contribution in [0.1, 0.15) is 6.42 Å². The van der Waals surface area contributed by atoms with Gasteiger partial charge in [-0.2, -0.15) is 0 Å². The number of carbonyl (C=O) groups excluding carboxylic acids is 2. The van der Waals surface area contributed by atoms with Gasteiger partial charge in [0.15, 0.2) is 0 Å². The molecule has 26 heavy (non-hydrogen) atoms. The second-order valence-electron chi connectivity index (χ2n) is 5.97. The molecule has 0 aliphatic carbocycles. The first kappa shape index (κ1) is 16.1. The van der Waals surface area contributed by atoms with Crippen LogP contribution in [0.3, 0.4) is 0 Å². The topological polar surface area (TPSA) is 71.5 Å². The van der Waals surface area contributed by atoms with Crippen molar-refractivity contribution in [3.63, 3.8) is 0 Å². The van der Waals surface area contributed by atoms with Crippen LogP contribution >= 0.6 is 0 Å². The molecule has 2 amide bonds. The fourth-order valence-corrected chi connectivity index (χ4v) is 3.03. The first-order valence-electron chi connectivity index (χ1n) is 8.38. The lowest BCUT2D eigenvalue weighted by Gasteiger charge is -2.21. The number of carbonyl (C=O) groups is 2. The van der Waals surface area contributed by atoms with Crippen molar-refractivity contribution in [3.05, 3.63) is 60.8 Å². The van der Waals surface area contributed by atoms with Crippen molar-refractivity contribution < 1.29 is 14.3 Å². The monoisotopic (exact) mass is 347 g/mol. The minimum atomic E-state index is -0.284. The van der Waals surface area contributed by atoms with Gasteiger partial charge in [-0.3, -0.25) is 19.5 Å². The van der Waals surface area contributed by atoms with Crippen molar-refractivity contribution in [3.8, 4) is 5.75 Å². The molecule has 1 N–H and O–H groups in total. The number of pyridine rings is 1. The number of nitrogens with zero attached hydrogens (tertiary/aromatic N) is 2. The van der Waals surface area contributed by atoms with Crippen LogP contribution in [0, 0.1) is 0 Å². The normalized spacial score (nSPS) is 13.7. The third-order valence-electron chi connectivity index (χ3n) is 4.24. The number of hydrogen-bond donors (Lipinski definition) is 1. The van der Waals surface area contributed by atoms with Crippen LogP contribution in [-0.4, -0.2) is 29.9 Å². The van der Waals surface area contributed by atoms with E-state index in [0.29, 0.717) is 29.2 Å². The van der Waals surface area contributed by atoms with Crippen molar-refractivity contribution in [2.75, 3.05) is 23.4 Å². The van der Waals surface area contributed by atoms with Gasteiger partial charge in [0, 0.05) is 11.6 Å². The van der Waals surface area contributed by atoms with Gasteiger partial charge in [-0.15, -0.1) is 0 Å². The molecule has 0 unspecified atom stereocenters. The van der Waals surface area contributed by atoms with Crippen LogP contribution in [0.4, 0.5) is 11.4 Å². The smallest absolute Gasteiger partial charge is 0.244 e. The maximum absolute atomic E-state index is 12.6. The van der Waals surface area contributed by atoms with Crippen LogP contribution in [-0.2, 0) is 9.59 Å². The molecule has 3 aromatic rings. The van der Waals surface area contributed by atoms with Crippen molar-refractivity contribution in [1.29, 1.82) is 0 Å². The Bertz CT molecular complexity index is 981. The molecule has 2 aromatic carbocycles. The SMILES string of the molecule is O=C(CN1C(=O)CCOc2ccccc21)Nc1cccc2cccnc12. The van der Waals surface area contributed by atoms with Crippen LogP contribution < -0.4 is 15.0 Å². The van der Waals surface area contributed by atoms with Crippen molar-refractivity contribution in [2.45, 2.75) is 6.42 Å². The Morgan fingerprint density at radius 1 is 1.12 bits per heavy atom. The summed E-state index contributed by atoms with van der Waals surface area (Å²) in [5.41, 5.74) is 1.95. The summed E-state index contributed by atoms with van der Waals surface area (Å²) in [7, 11) is 0. The number of nitrogens with one attached hydrogen (secondary N) is 1. The Morgan fingerprint density at radius 3 is 2.88 bits per heavy atom. The van der Waals surface area contributed by atoms with Crippen LogP contribution in [0.2, 0.25) is 0 Å². The average Bonchev–Trinajstić information content (AvgIpc) is 2.81. The van der Waals surface area contributed by atoms with Gasteiger partial charge in [0.1, 0.15) is 12.3 Å². The minimum Gasteiger partial charge on any atom is -0.491 e. The number of anilines is 2. The van der Waals surface area contributed by atoms with E-state index >= 15 is 0 Å². The molecule has 0 spiro atoms.